The Hall–Kier alpha value is -2.98. The molecule has 0 fully saturated rings. The van der Waals surface area contributed by atoms with Crippen LogP contribution >= 0.6 is 11.6 Å². The number of rotatable bonds is 3. The Kier molecular flexibility index (Phi) is 4.04. The average molecular weight is 347 g/mol. The number of aromatic nitrogens is 2. The predicted octanol–water partition coefficient (Wildman–Crippen LogP) is 6.38. The molecule has 0 bridgehead atoms. The van der Waals surface area contributed by atoms with Gasteiger partial charge in [-0.25, -0.2) is 4.98 Å². The molecule has 4 aromatic rings. The van der Waals surface area contributed by atoms with Crippen LogP contribution in [0, 0.1) is 6.92 Å². The summed E-state index contributed by atoms with van der Waals surface area (Å²) >= 11 is 6.17. The fourth-order valence-corrected chi connectivity index (χ4v) is 2.83. The maximum atomic E-state index is 6.17. The van der Waals surface area contributed by atoms with E-state index in [0.717, 1.165) is 28.2 Å². The van der Waals surface area contributed by atoms with Gasteiger partial charge in [-0.1, -0.05) is 60.1 Å². The van der Waals surface area contributed by atoms with Gasteiger partial charge in [-0.05, 0) is 30.7 Å². The number of nitrogens with zero attached hydrogens (tertiary/aromatic N) is 4. The van der Waals surface area contributed by atoms with Gasteiger partial charge in [0.05, 0.1) is 10.7 Å². The van der Waals surface area contributed by atoms with Crippen LogP contribution in [0.15, 0.2) is 83.2 Å². The van der Waals surface area contributed by atoms with Gasteiger partial charge in [-0.15, -0.1) is 10.2 Å². The van der Waals surface area contributed by atoms with Crippen molar-refractivity contribution < 1.29 is 0 Å². The number of imidazole rings is 1. The van der Waals surface area contributed by atoms with E-state index in [4.69, 9.17) is 16.6 Å². The van der Waals surface area contributed by atoms with E-state index in [0.29, 0.717) is 10.8 Å². The van der Waals surface area contributed by atoms with Gasteiger partial charge in [0.15, 0.2) is 5.82 Å². The van der Waals surface area contributed by atoms with Gasteiger partial charge in [-0.2, -0.15) is 0 Å². The zero-order chi connectivity index (χ0) is 17.2. The highest BCUT2D eigenvalue weighted by Gasteiger charge is 2.14. The fraction of sp³-hybridized carbons (Fsp3) is 0.0500. The summed E-state index contributed by atoms with van der Waals surface area (Å²) in [5.41, 5.74) is 4.45. The number of hydrogen-bond acceptors (Lipinski definition) is 3. The van der Waals surface area contributed by atoms with E-state index in [1.165, 1.54) is 0 Å². The van der Waals surface area contributed by atoms with Crippen molar-refractivity contribution in [2.45, 2.75) is 6.92 Å². The number of hydrogen-bond donors (Lipinski definition) is 0. The molecule has 2 aromatic heterocycles. The highest BCUT2D eigenvalue weighted by Crippen LogP contribution is 2.33. The first-order valence-corrected chi connectivity index (χ1v) is 8.30. The molecule has 0 spiro atoms. The standard InChI is InChI=1S/C20H15ClN4/c1-14-7-5-6-10-17(14)23-24-20-19(15-8-3-2-4-9-15)22-18-12-11-16(21)13-25(18)20/h2-13H,1H3. The van der Waals surface area contributed by atoms with Crippen molar-refractivity contribution in [1.82, 2.24) is 9.38 Å². The summed E-state index contributed by atoms with van der Waals surface area (Å²) in [5, 5.41) is 9.57. The van der Waals surface area contributed by atoms with E-state index in [2.05, 4.69) is 10.2 Å². The van der Waals surface area contributed by atoms with Gasteiger partial charge in [0.25, 0.3) is 0 Å². The first-order chi connectivity index (χ1) is 12.2. The molecule has 0 aliphatic rings. The summed E-state index contributed by atoms with van der Waals surface area (Å²) in [4.78, 5) is 4.71. The molecule has 4 rings (SSSR count). The molecular formula is C20H15ClN4. The molecule has 0 unspecified atom stereocenters. The van der Waals surface area contributed by atoms with Crippen LogP contribution in [0.1, 0.15) is 5.56 Å². The smallest absolute Gasteiger partial charge is 0.187 e. The second kappa shape index (κ2) is 6.49. The van der Waals surface area contributed by atoms with Crippen LogP contribution in [0.2, 0.25) is 5.02 Å². The Morgan fingerprint density at radius 3 is 2.44 bits per heavy atom. The van der Waals surface area contributed by atoms with Crippen molar-refractivity contribution in [3.05, 3.63) is 83.5 Å². The summed E-state index contributed by atoms with van der Waals surface area (Å²) in [6, 6.07) is 21.5. The van der Waals surface area contributed by atoms with Crippen molar-refractivity contribution in [3.8, 4) is 11.3 Å². The van der Waals surface area contributed by atoms with Crippen LogP contribution in [-0.2, 0) is 0 Å². The summed E-state index contributed by atoms with van der Waals surface area (Å²) in [5.74, 6) is 0.659. The van der Waals surface area contributed by atoms with Crippen molar-refractivity contribution in [2.24, 2.45) is 10.2 Å². The Labute approximate surface area is 150 Å². The third kappa shape index (κ3) is 3.04. The second-order valence-electron chi connectivity index (χ2n) is 5.71. The number of aryl methyl sites for hydroxylation is 1. The summed E-state index contributed by atoms with van der Waals surface area (Å²) < 4.78 is 1.87. The van der Waals surface area contributed by atoms with E-state index in [-0.39, 0.29) is 0 Å². The Morgan fingerprint density at radius 2 is 1.64 bits per heavy atom. The normalized spacial score (nSPS) is 11.4. The van der Waals surface area contributed by atoms with Gasteiger partial charge >= 0.3 is 0 Å². The van der Waals surface area contributed by atoms with Crippen LogP contribution in [-0.4, -0.2) is 9.38 Å². The summed E-state index contributed by atoms with van der Waals surface area (Å²) in [7, 11) is 0. The van der Waals surface area contributed by atoms with Crippen LogP contribution in [0.25, 0.3) is 16.9 Å². The zero-order valence-electron chi connectivity index (χ0n) is 13.6. The van der Waals surface area contributed by atoms with Gasteiger partial charge in [0.1, 0.15) is 11.3 Å². The van der Waals surface area contributed by atoms with Crippen molar-refractivity contribution in [1.29, 1.82) is 0 Å². The maximum absolute atomic E-state index is 6.17. The molecule has 25 heavy (non-hydrogen) atoms. The van der Waals surface area contributed by atoms with E-state index in [9.17, 15) is 0 Å². The molecule has 0 aliphatic carbocycles. The molecule has 0 amide bonds. The largest absolute Gasteiger partial charge is 0.281 e. The van der Waals surface area contributed by atoms with Gasteiger partial charge < -0.3 is 0 Å². The molecule has 0 radical (unpaired) electrons. The Morgan fingerprint density at radius 1 is 0.880 bits per heavy atom. The van der Waals surface area contributed by atoms with E-state index in [1.54, 1.807) is 0 Å². The predicted molar refractivity (Wildman–Crippen MR) is 101 cm³/mol. The average Bonchev–Trinajstić information content (AvgIpc) is 2.99. The number of halogens is 1. The minimum atomic E-state index is 0.622. The van der Waals surface area contributed by atoms with Gasteiger partial charge in [0.2, 0.25) is 0 Å². The van der Waals surface area contributed by atoms with E-state index < -0.39 is 0 Å². The molecule has 0 saturated carbocycles. The molecular weight excluding hydrogens is 332 g/mol. The lowest BCUT2D eigenvalue weighted by molar-refractivity contribution is 1.10. The van der Waals surface area contributed by atoms with Crippen molar-refractivity contribution >= 4 is 28.8 Å². The minimum absolute atomic E-state index is 0.622. The minimum Gasteiger partial charge on any atom is -0.281 e. The van der Waals surface area contributed by atoms with Crippen LogP contribution in [0.3, 0.4) is 0 Å². The monoisotopic (exact) mass is 346 g/mol. The number of benzene rings is 2. The molecule has 0 saturated heterocycles. The number of fused-ring (bicyclic) bond motifs is 1. The van der Waals surface area contributed by atoms with Crippen molar-refractivity contribution in [3.63, 3.8) is 0 Å². The molecule has 2 aromatic carbocycles. The lowest BCUT2D eigenvalue weighted by Crippen LogP contribution is -1.83. The third-order valence-electron chi connectivity index (χ3n) is 3.97. The third-order valence-corrected chi connectivity index (χ3v) is 4.20. The fourth-order valence-electron chi connectivity index (χ4n) is 2.67. The van der Waals surface area contributed by atoms with E-state index >= 15 is 0 Å². The lowest BCUT2D eigenvalue weighted by Gasteiger charge is -2.01. The van der Waals surface area contributed by atoms with Crippen LogP contribution in [0.4, 0.5) is 11.5 Å². The maximum Gasteiger partial charge on any atom is 0.187 e. The molecule has 0 N–H and O–H groups in total. The topological polar surface area (TPSA) is 42.0 Å². The SMILES string of the molecule is Cc1ccccc1N=Nc1c(-c2ccccc2)nc2ccc(Cl)cn12. The highest BCUT2D eigenvalue weighted by atomic mass is 35.5. The first-order valence-electron chi connectivity index (χ1n) is 7.93. The Bertz CT molecular complexity index is 1070. The van der Waals surface area contributed by atoms with Gasteiger partial charge in [-0.3, -0.25) is 4.40 Å². The van der Waals surface area contributed by atoms with Crippen LogP contribution in [0.5, 0.6) is 0 Å². The Balaban J connectivity index is 1.91. The number of azo groups is 1. The van der Waals surface area contributed by atoms with E-state index in [1.807, 2.05) is 84.3 Å². The highest BCUT2D eigenvalue weighted by molar-refractivity contribution is 6.30. The first kappa shape index (κ1) is 15.5. The summed E-state index contributed by atoms with van der Waals surface area (Å²) in [6.07, 6.45) is 1.81. The zero-order valence-corrected chi connectivity index (χ0v) is 14.4. The molecule has 0 aliphatic heterocycles. The van der Waals surface area contributed by atoms with Gasteiger partial charge in [0, 0.05) is 11.8 Å². The number of pyridine rings is 1. The van der Waals surface area contributed by atoms with Crippen LogP contribution < -0.4 is 0 Å². The molecule has 4 nitrogen and oxygen atoms in total. The molecule has 5 heteroatoms. The molecule has 2 heterocycles. The quantitative estimate of drug-likeness (QED) is 0.397. The summed E-state index contributed by atoms with van der Waals surface area (Å²) in [6.45, 7) is 2.01. The second-order valence-corrected chi connectivity index (χ2v) is 6.15. The van der Waals surface area contributed by atoms with Crippen molar-refractivity contribution in [2.75, 3.05) is 0 Å². The molecule has 122 valence electrons. The molecule has 0 atom stereocenters. The lowest BCUT2D eigenvalue weighted by atomic mass is 10.1.